The number of hydrogen-bond donors (Lipinski definition) is 1. The molecule has 0 aliphatic carbocycles. The Hall–Kier alpha value is -2.58. The number of Topliss-reactive ketones (excluding diaryl/α,β-unsaturated/α-hetero) is 1. The van der Waals surface area contributed by atoms with E-state index in [0.717, 1.165) is 0 Å². The third-order valence-corrected chi connectivity index (χ3v) is 4.08. The summed E-state index contributed by atoms with van der Waals surface area (Å²) in [5.74, 6) is -4.36. The molecule has 2 fully saturated rings. The molecule has 2 aliphatic rings. The molecular weight excluding hydrogens is 318 g/mol. The highest BCUT2D eigenvalue weighted by molar-refractivity contribution is 6.52. The predicted octanol–water partition coefficient (Wildman–Crippen LogP) is -1.19. The highest BCUT2D eigenvalue weighted by Crippen LogP contribution is 2.44. The Morgan fingerprint density at radius 3 is 1.96 bits per heavy atom. The Kier molecular flexibility index (Phi) is 4.30. The van der Waals surface area contributed by atoms with Crippen LogP contribution in [0.4, 0.5) is 0 Å². The summed E-state index contributed by atoms with van der Waals surface area (Å²) in [5, 5.41) is 2.36. The van der Waals surface area contributed by atoms with Gasteiger partial charge in [-0.05, 0) is 12.8 Å². The van der Waals surface area contributed by atoms with Gasteiger partial charge in [-0.2, -0.15) is 0 Å². The minimum Gasteiger partial charge on any atom is -0.335 e. The molecule has 0 saturated carbocycles. The van der Waals surface area contributed by atoms with E-state index in [-0.39, 0.29) is 24.5 Å². The molecule has 5 amide bonds. The van der Waals surface area contributed by atoms with Gasteiger partial charge in [0.15, 0.2) is 0 Å². The fraction of sp³-hybridized carbons (Fsp3) is 0.600. The third-order valence-electron chi connectivity index (χ3n) is 4.08. The molecule has 1 spiro atoms. The number of ketones is 1. The predicted molar refractivity (Wildman–Crippen MR) is 78.7 cm³/mol. The Bertz CT molecular complexity index is 634. The average molecular weight is 337 g/mol. The lowest BCUT2D eigenvalue weighted by atomic mass is 9.69. The topological polar surface area (TPSA) is 121 Å². The van der Waals surface area contributed by atoms with E-state index in [9.17, 15) is 28.8 Å². The van der Waals surface area contributed by atoms with E-state index in [0.29, 0.717) is 9.80 Å². The van der Waals surface area contributed by atoms with Crippen LogP contribution in [0.2, 0.25) is 0 Å². The van der Waals surface area contributed by atoms with Crippen molar-refractivity contribution in [1.82, 2.24) is 15.1 Å². The summed E-state index contributed by atoms with van der Waals surface area (Å²) in [4.78, 5) is 72.6. The van der Waals surface area contributed by atoms with Crippen molar-refractivity contribution in [3.63, 3.8) is 0 Å². The molecule has 1 N–H and O–H groups in total. The maximum Gasteiger partial charge on any atom is 0.285 e. The fourth-order valence-corrected chi connectivity index (χ4v) is 2.90. The van der Waals surface area contributed by atoms with E-state index in [4.69, 9.17) is 0 Å². The third kappa shape index (κ3) is 2.31. The van der Waals surface area contributed by atoms with Gasteiger partial charge in [0.05, 0.1) is 6.42 Å². The van der Waals surface area contributed by atoms with E-state index in [1.807, 2.05) is 13.8 Å². The first-order chi connectivity index (χ1) is 11.0. The largest absolute Gasteiger partial charge is 0.335 e. The van der Waals surface area contributed by atoms with Crippen LogP contribution in [0.3, 0.4) is 0 Å². The summed E-state index contributed by atoms with van der Waals surface area (Å²) in [6.07, 6.45) is -1.15. The van der Waals surface area contributed by atoms with Gasteiger partial charge < -0.3 is 5.32 Å². The molecule has 0 aromatic heterocycles. The van der Waals surface area contributed by atoms with Crippen molar-refractivity contribution in [2.24, 2.45) is 11.3 Å². The van der Waals surface area contributed by atoms with Crippen LogP contribution < -0.4 is 5.32 Å². The molecule has 0 aromatic carbocycles. The summed E-state index contributed by atoms with van der Waals surface area (Å²) < 4.78 is 0. The van der Waals surface area contributed by atoms with Crippen LogP contribution in [0.25, 0.3) is 0 Å². The second-order valence-electron chi connectivity index (χ2n) is 6.46. The quantitative estimate of drug-likeness (QED) is 0.480. The SMILES string of the molecule is CC(C)CC(=O)CC(=O)NC(C)N1C(=O)C2(C(=O)N(C)C2=O)C1=O. The van der Waals surface area contributed by atoms with Crippen LogP contribution in [0.5, 0.6) is 0 Å². The molecule has 2 rings (SSSR count). The maximum atomic E-state index is 12.2. The van der Waals surface area contributed by atoms with Crippen LogP contribution in [0, 0.1) is 11.3 Å². The number of carbonyl (C=O) groups is 6. The van der Waals surface area contributed by atoms with Crippen molar-refractivity contribution in [2.45, 2.75) is 39.8 Å². The number of carbonyl (C=O) groups excluding carboxylic acids is 6. The molecule has 2 heterocycles. The molecule has 0 radical (unpaired) electrons. The first kappa shape index (κ1) is 17.8. The van der Waals surface area contributed by atoms with Crippen molar-refractivity contribution in [1.29, 1.82) is 0 Å². The first-order valence-corrected chi connectivity index (χ1v) is 7.56. The zero-order chi connectivity index (χ0) is 18.4. The number of nitrogens with one attached hydrogen (secondary N) is 1. The molecule has 24 heavy (non-hydrogen) atoms. The summed E-state index contributed by atoms with van der Waals surface area (Å²) in [6, 6.07) is 0. The summed E-state index contributed by atoms with van der Waals surface area (Å²) in [5.41, 5.74) is -2.25. The van der Waals surface area contributed by atoms with Crippen LogP contribution >= 0.6 is 0 Å². The van der Waals surface area contributed by atoms with Gasteiger partial charge in [0, 0.05) is 13.5 Å². The summed E-state index contributed by atoms with van der Waals surface area (Å²) in [6.45, 7) is 5.06. The minimum absolute atomic E-state index is 0.119. The lowest BCUT2D eigenvalue weighted by Gasteiger charge is -2.52. The number of likely N-dealkylation sites (tertiary alicyclic amines) is 2. The van der Waals surface area contributed by atoms with Crippen LogP contribution in [0.15, 0.2) is 0 Å². The fourth-order valence-electron chi connectivity index (χ4n) is 2.90. The summed E-state index contributed by atoms with van der Waals surface area (Å²) >= 11 is 0. The van der Waals surface area contributed by atoms with Gasteiger partial charge in [-0.3, -0.25) is 38.6 Å². The molecule has 2 saturated heterocycles. The lowest BCUT2D eigenvalue weighted by Crippen LogP contribution is -2.85. The second kappa shape index (κ2) is 5.81. The number of nitrogens with zero attached hydrogens (tertiary/aromatic N) is 2. The molecule has 9 heteroatoms. The molecule has 0 aromatic rings. The molecule has 1 atom stereocenters. The smallest absolute Gasteiger partial charge is 0.285 e. The van der Waals surface area contributed by atoms with Crippen molar-refractivity contribution < 1.29 is 28.8 Å². The van der Waals surface area contributed by atoms with Crippen LogP contribution in [-0.4, -0.2) is 58.3 Å². The highest BCUT2D eigenvalue weighted by atomic mass is 16.2. The zero-order valence-corrected chi connectivity index (χ0v) is 13.9. The molecular formula is C15H19N3O6. The van der Waals surface area contributed by atoms with E-state index < -0.39 is 41.1 Å². The zero-order valence-electron chi connectivity index (χ0n) is 13.9. The monoisotopic (exact) mass is 337 g/mol. The van der Waals surface area contributed by atoms with E-state index in [1.165, 1.54) is 14.0 Å². The van der Waals surface area contributed by atoms with Gasteiger partial charge in [-0.25, -0.2) is 0 Å². The number of β-lactam (4-membered cyclic amide) rings is 4. The van der Waals surface area contributed by atoms with Crippen LogP contribution in [-0.2, 0) is 28.8 Å². The number of imide groups is 2. The minimum atomic E-state index is -2.25. The number of amides is 5. The Balaban J connectivity index is 1.97. The second-order valence-corrected chi connectivity index (χ2v) is 6.46. The van der Waals surface area contributed by atoms with Gasteiger partial charge in [-0.15, -0.1) is 0 Å². The Morgan fingerprint density at radius 2 is 1.50 bits per heavy atom. The molecule has 0 bridgehead atoms. The molecule has 9 nitrogen and oxygen atoms in total. The van der Waals surface area contributed by atoms with Gasteiger partial charge in [0.25, 0.3) is 29.0 Å². The highest BCUT2D eigenvalue weighted by Gasteiger charge is 2.80. The van der Waals surface area contributed by atoms with Gasteiger partial charge in [0.1, 0.15) is 11.9 Å². The van der Waals surface area contributed by atoms with Crippen molar-refractivity contribution in [2.75, 3.05) is 7.05 Å². The van der Waals surface area contributed by atoms with Gasteiger partial charge in [-0.1, -0.05) is 13.8 Å². The first-order valence-electron chi connectivity index (χ1n) is 7.56. The Morgan fingerprint density at radius 1 is 1.00 bits per heavy atom. The summed E-state index contributed by atoms with van der Waals surface area (Å²) in [7, 11) is 1.19. The number of rotatable bonds is 6. The maximum absolute atomic E-state index is 12.2. The molecule has 2 aliphatic heterocycles. The van der Waals surface area contributed by atoms with Crippen LogP contribution in [0.1, 0.15) is 33.6 Å². The molecule has 130 valence electrons. The van der Waals surface area contributed by atoms with Crippen molar-refractivity contribution in [3.8, 4) is 0 Å². The van der Waals surface area contributed by atoms with Crippen molar-refractivity contribution >= 4 is 35.3 Å². The van der Waals surface area contributed by atoms with E-state index >= 15 is 0 Å². The lowest BCUT2D eigenvalue weighted by molar-refractivity contribution is -0.200. The Labute approximate surface area is 138 Å². The van der Waals surface area contributed by atoms with E-state index in [2.05, 4.69) is 5.32 Å². The van der Waals surface area contributed by atoms with Crippen molar-refractivity contribution in [3.05, 3.63) is 0 Å². The van der Waals surface area contributed by atoms with Gasteiger partial charge in [0.2, 0.25) is 5.91 Å². The standard InChI is InChI=1S/C15H19N3O6/c1-7(2)5-9(19)6-10(20)16-8(3)18-13(23)15(14(18)24)11(21)17(4)12(15)22/h7-8H,5-6H2,1-4H3,(H,16,20). The van der Waals surface area contributed by atoms with Gasteiger partial charge >= 0.3 is 0 Å². The van der Waals surface area contributed by atoms with E-state index in [1.54, 1.807) is 0 Å². The number of hydrogen-bond acceptors (Lipinski definition) is 6. The molecule has 1 unspecified atom stereocenters. The average Bonchev–Trinajstić information content (AvgIpc) is 2.45. The normalized spacial score (nSPS) is 20.2.